The zero-order chi connectivity index (χ0) is 20.0. The van der Waals surface area contributed by atoms with Gasteiger partial charge in [0, 0.05) is 43.4 Å². The van der Waals surface area contributed by atoms with Crippen LogP contribution in [0.5, 0.6) is 0 Å². The van der Waals surface area contributed by atoms with Crippen LogP contribution in [0.25, 0.3) is 5.78 Å². The summed E-state index contributed by atoms with van der Waals surface area (Å²) in [5.41, 5.74) is 4.28. The highest BCUT2D eigenvalue weighted by molar-refractivity contribution is 5.85. The number of amides is 1. The van der Waals surface area contributed by atoms with E-state index in [9.17, 15) is 4.79 Å². The Bertz CT molecular complexity index is 1050. The molecule has 3 aromatic rings. The van der Waals surface area contributed by atoms with E-state index in [2.05, 4.69) is 49.5 Å². The molecule has 8 heteroatoms. The lowest BCUT2D eigenvalue weighted by Gasteiger charge is -2.28. The van der Waals surface area contributed by atoms with Gasteiger partial charge in [-0.25, -0.2) is 9.50 Å². The molecule has 3 atom stereocenters. The van der Waals surface area contributed by atoms with Gasteiger partial charge in [-0.1, -0.05) is 30.3 Å². The summed E-state index contributed by atoms with van der Waals surface area (Å²) in [6.45, 7) is 6.84. The van der Waals surface area contributed by atoms with Gasteiger partial charge in [-0.3, -0.25) is 4.79 Å². The van der Waals surface area contributed by atoms with Crippen molar-refractivity contribution in [1.82, 2.24) is 29.8 Å². The number of hydrogen-bond acceptors (Lipinski definition) is 5. The van der Waals surface area contributed by atoms with E-state index >= 15 is 0 Å². The third-order valence-electron chi connectivity index (χ3n) is 6.60. The Labute approximate surface area is 182 Å². The normalized spacial score (nSPS) is 22.9. The highest BCUT2D eigenvalue weighted by atomic mass is 35.5. The molecule has 5 rings (SSSR count). The Morgan fingerprint density at radius 3 is 2.80 bits per heavy atom. The van der Waals surface area contributed by atoms with Crippen molar-refractivity contribution >= 4 is 24.1 Å². The number of aromatic nitrogens is 4. The van der Waals surface area contributed by atoms with Crippen molar-refractivity contribution in [3.8, 4) is 0 Å². The van der Waals surface area contributed by atoms with Crippen LogP contribution in [-0.4, -0.2) is 50.0 Å². The van der Waals surface area contributed by atoms with Crippen molar-refractivity contribution in [1.29, 1.82) is 0 Å². The van der Waals surface area contributed by atoms with Crippen molar-refractivity contribution in [3.63, 3.8) is 0 Å². The molecule has 7 nitrogen and oxygen atoms in total. The topological polar surface area (TPSA) is 75.4 Å². The lowest BCUT2D eigenvalue weighted by atomic mass is 9.89. The Morgan fingerprint density at radius 2 is 2.00 bits per heavy atom. The Kier molecular flexibility index (Phi) is 5.75. The minimum Gasteiger partial charge on any atom is -0.335 e. The molecule has 2 aromatic heterocycles. The molecule has 2 aliphatic heterocycles. The average Bonchev–Trinajstić information content (AvgIpc) is 3.43. The monoisotopic (exact) mass is 426 g/mol. The van der Waals surface area contributed by atoms with Crippen molar-refractivity contribution in [3.05, 3.63) is 59.2 Å². The number of nitrogens with one attached hydrogen (secondary N) is 1. The van der Waals surface area contributed by atoms with E-state index in [0.717, 1.165) is 36.6 Å². The molecular weight excluding hydrogens is 400 g/mol. The van der Waals surface area contributed by atoms with Gasteiger partial charge < -0.3 is 10.2 Å². The fraction of sp³-hybridized carbons (Fsp3) is 0.455. The number of rotatable bonds is 4. The second kappa shape index (κ2) is 8.32. The first kappa shape index (κ1) is 20.8. The summed E-state index contributed by atoms with van der Waals surface area (Å²) in [5.74, 6) is 1.88. The summed E-state index contributed by atoms with van der Waals surface area (Å²) in [5, 5.41) is 7.76. The molecule has 30 heavy (non-hydrogen) atoms. The van der Waals surface area contributed by atoms with Crippen LogP contribution in [0.15, 0.2) is 36.7 Å². The summed E-state index contributed by atoms with van der Waals surface area (Å²) < 4.78 is 1.76. The molecule has 2 aliphatic rings. The summed E-state index contributed by atoms with van der Waals surface area (Å²) >= 11 is 0. The van der Waals surface area contributed by atoms with Crippen molar-refractivity contribution < 1.29 is 4.79 Å². The Balaban J connectivity index is 0.00000218. The molecule has 158 valence electrons. The van der Waals surface area contributed by atoms with Gasteiger partial charge >= 0.3 is 0 Å². The number of nitrogens with zero attached hydrogens (tertiary/aromatic N) is 5. The van der Waals surface area contributed by atoms with Gasteiger partial charge in [-0.15, -0.1) is 12.4 Å². The number of carbonyl (C=O) groups excluding carboxylic acids is 1. The second-order valence-electron chi connectivity index (χ2n) is 8.22. The van der Waals surface area contributed by atoms with E-state index in [1.54, 1.807) is 4.52 Å². The molecule has 2 fully saturated rings. The number of aryl methyl sites for hydroxylation is 2. The van der Waals surface area contributed by atoms with Gasteiger partial charge in [0.15, 0.2) is 0 Å². The zero-order valence-electron chi connectivity index (χ0n) is 17.3. The molecule has 2 saturated heterocycles. The van der Waals surface area contributed by atoms with E-state index in [4.69, 9.17) is 0 Å². The van der Waals surface area contributed by atoms with Gasteiger partial charge in [0.25, 0.3) is 5.78 Å². The predicted molar refractivity (Wildman–Crippen MR) is 117 cm³/mol. The quantitative estimate of drug-likeness (QED) is 0.693. The van der Waals surface area contributed by atoms with Crippen LogP contribution in [0.2, 0.25) is 0 Å². The number of hydrogen-bond donors (Lipinski definition) is 1. The third-order valence-corrected chi connectivity index (χ3v) is 6.60. The minimum absolute atomic E-state index is 0. The average molecular weight is 427 g/mol. The van der Waals surface area contributed by atoms with Crippen LogP contribution in [-0.2, 0) is 11.2 Å². The standard InChI is InChI=1S/C22H26N6O.ClH/c1-14-18(15(2)28-22(26-14)24-13-25-28)8-9-20(29)27-12-17-10-23-11-19(17)21(27)16-6-4-3-5-7-16;/h3-7,13,17,19,21,23H,8-12H2,1-2H3;1H/t17-,19-,21-;/m0./s1. The van der Waals surface area contributed by atoms with Crippen molar-refractivity contribution in [2.24, 2.45) is 11.8 Å². The first-order valence-electron chi connectivity index (χ1n) is 10.3. The third kappa shape index (κ3) is 3.46. The Hall–Kier alpha value is -2.51. The van der Waals surface area contributed by atoms with Crippen LogP contribution >= 0.6 is 12.4 Å². The molecule has 1 N–H and O–H groups in total. The maximum absolute atomic E-state index is 13.3. The van der Waals surface area contributed by atoms with Gasteiger partial charge in [0.05, 0.1) is 6.04 Å². The molecule has 0 spiro atoms. The van der Waals surface area contributed by atoms with Crippen LogP contribution in [0.4, 0.5) is 0 Å². The molecule has 4 heterocycles. The molecule has 0 saturated carbocycles. The molecule has 0 unspecified atom stereocenters. The zero-order valence-corrected chi connectivity index (χ0v) is 18.1. The van der Waals surface area contributed by atoms with E-state index in [0.29, 0.717) is 30.5 Å². The molecule has 0 aliphatic carbocycles. The number of fused-ring (bicyclic) bond motifs is 2. The fourth-order valence-electron chi connectivity index (χ4n) is 5.15. The van der Waals surface area contributed by atoms with Crippen LogP contribution in [0.3, 0.4) is 0 Å². The second-order valence-corrected chi connectivity index (χ2v) is 8.22. The first-order chi connectivity index (χ1) is 14.1. The van der Waals surface area contributed by atoms with Gasteiger partial charge in [0.2, 0.25) is 5.91 Å². The van der Waals surface area contributed by atoms with E-state index in [-0.39, 0.29) is 24.4 Å². The van der Waals surface area contributed by atoms with Crippen molar-refractivity contribution in [2.45, 2.75) is 32.7 Å². The van der Waals surface area contributed by atoms with Crippen molar-refractivity contribution in [2.75, 3.05) is 19.6 Å². The molecular formula is C22H27ClN6O. The largest absolute Gasteiger partial charge is 0.335 e. The van der Waals surface area contributed by atoms with E-state index in [1.165, 1.54) is 11.9 Å². The molecule has 0 radical (unpaired) electrons. The van der Waals surface area contributed by atoms with Crippen LogP contribution in [0, 0.1) is 25.7 Å². The summed E-state index contributed by atoms with van der Waals surface area (Å²) in [4.78, 5) is 24.2. The van der Waals surface area contributed by atoms with E-state index < -0.39 is 0 Å². The fourth-order valence-corrected chi connectivity index (χ4v) is 5.15. The highest BCUT2D eigenvalue weighted by Gasteiger charge is 2.46. The van der Waals surface area contributed by atoms with Gasteiger partial charge in [0.1, 0.15) is 6.33 Å². The highest BCUT2D eigenvalue weighted by Crippen LogP contribution is 2.42. The molecule has 1 amide bonds. The number of benzene rings is 1. The van der Waals surface area contributed by atoms with Gasteiger partial charge in [-0.2, -0.15) is 10.1 Å². The minimum atomic E-state index is 0. The van der Waals surface area contributed by atoms with Crippen LogP contribution in [0.1, 0.15) is 35.0 Å². The first-order valence-corrected chi connectivity index (χ1v) is 10.3. The SMILES string of the molecule is Cc1nc2ncnn2c(C)c1CCC(=O)N1C[C@@H]2CNC[C@@H]2[C@@H]1c1ccccc1.Cl. The maximum Gasteiger partial charge on any atom is 0.252 e. The van der Waals surface area contributed by atoms with E-state index in [1.807, 2.05) is 19.9 Å². The Morgan fingerprint density at radius 1 is 1.20 bits per heavy atom. The number of likely N-dealkylation sites (tertiary alicyclic amines) is 1. The number of halogens is 1. The summed E-state index contributed by atoms with van der Waals surface area (Å²) in [7, 11) is 0. The smallest absolute Gasteiger partial charge is 0.252 e. The maximum atomic E-state index is 13.3. The molecule has 0 bridgehead atoms. The lowest BCUT2D eigenvalue weighted by molar-refractivity contribution is -0.132. The molecule has 1 aromatic carbocycles. The predicted octanol–water partition coefficient (Wildman–Crippen LogP) is 2.51. The van der Waals surface area contributed by atoms with Gasteiger partial charge in [-0.05, 0) is 37.3 Å². The number of carbonyl (C=O) groups is 1. The lowest BCUT2D eigenvalue weighted by Crippen LogP contribution is -2.34. The summed E-state index contributed by atoms with van der Waals surface area (Å²) in [6, 6.07) is 10.7. The summed E-state index contributed by atoms with van der Waals surface area (Å²) in [6.07, 6.45) is 2.68. The van der Waals surface area contributed by atoms with Crippen LogP contribution < -0.4 is 5.32 Å².